The lowest BCUT2D eigenvalue weighted by molar-refractivity contribution is -0.385. The van der Waals surface area contributed by atoms with E-state index in [1.54, 1.807) is 0 Å². The van der Waals surface area contributed by atoms with Gasteiger partial charge in [-0.3, -0.25) is 10.1 Å². The Labute approximate surface area is 80.9 Å². The molecule has 0 saturated heterocycles. The molecular formula is C9H9N3O2. The maximum Gasteiger partial charge on any atom is 0.285 e. The summed E-state index contributed by atoms with van der Waals surface area (Å²) >= 11 is 0. The third kappa shape index (κ3) is 2.21. The molecule has 1 aromatic carbocycles. The van der Waals surface area contributed by atoms with Crippen LogP contribution in [0.15, 0.2) is 18.2 Å². The van der Waals surface area contributed by atoms with Crippen molar-refractivity contribution in [2.45, 2.75) is 0 Å². The number of hydrogen-bond donors (Lipinski definition) is 2. The summed E-state index contributed by atoms with van der Waals surface area (Å²) in [6.45, 7) is 0.159. The van der Waals surface area contributed by atoms with Crippen LogP contribution in [-0.4, -0.2) is 11.5 Å². The molecule has 0 fully saturated rings. The summed E-state index contributed by atoms with van der Waals surface area (Å²) in [7, 11) is 0. The maximum atomic E-state index is 10.6. The Morgan fingerprint density at radius 1 is 1.50 bits per heavy atom. The summed E-state index contributed by atoms with van der Waals surface area (Å²) < 4.78 is 0. The van der Waals surface area contributed by atoms with Gasteiger partial charge in [-0.25, -0.2) is 0 Å². The fraction of sp³-hybridized carbons (Fsp3) is 0.111. The van der Waals surface area contributed by atoms with Crippen LogP contribution in [0.2, 0.25) is 0 Å². The Bertz CT molecular complexity index is 418. The average Bonchev–Trinajstić information content (AvgIpc) is 2.14. The summed E-state index contributed by atoms with van der Waals surface area (Å²) in [5.74, 6) is 5.14. The van der Waals surface area contributed by atoms with Gasteiger partial charge < -0.3 is 11.5 Å². The molecule has 0 aliphatic heterocycles. The van der Waals surface area contributed by atoms with Gasteiger partial charge in [-0.1, -0.05) is 11.8 Å². The average molecular weight is 191 g/mol. The second-order valence-electron chi connectivity index (χ2n) is 2.54. The van der Waals surface area contributed by atoms with E-state index >= 15 is 0 Å². The van der Waals surface area contributed by atoms with Crippen LogP contribution in [0.5, 0.6) is 0 Å². The van der Waals surface area contributed by atoms with Gasteiger partial charge in [0.05, 0.1) is 11.5 Å². The molecular weight excluding hydrogens is 182 g/mol. The molecule has 0 aliphatic rings. The predicted molar refractivity (Wildman–Crippen MR) is 53.4 cm³/mol. The van der Waals surface area contributed by atoms with Crippen molar-refractivity contribution in [2.24, 2.45) is 5.73 Å². The molecule has 0 radical (unpaired) electrons. The number of nitro benzene ring substituents is 1. The molecule has 0 saturated carbocycles. The number of anilines is 1. The van der Waals surface area contributed by atoms with Crippen LogP contribution in [0, 0.1) is 22.0 Å². The number of nitro groups is 1. The molecule has 5 heteroatoms. The molecule has 14 heavy (non-hydrogen) atoms. The maximum absolute atomic E-state index is 10.6. The molecule has 5 nitrogen and oxygen atoms in total. The number of benzene rings is 1. The van der Waals surface area contributed by atoms with Crippen molar-refractivity contribution >= 4 is 11.4 Å². The second-order valence-corrected chi connectivity index (χ2v) is 2.54. The van der Waals surface area contributed by atoms with Crippen LogP contribution in [-0.2, 0) is 0 Å². The highest BCUT2D eigenvalue weighted by Crippen LogP contribution is 2.19. The molecule has 0 aliphatic carbocycles. The van der Waals surface area contributed by atoms with Gasteiger partial charge in [0.2, 0.25) is 0 Å². The van der Waals surface area contributed by atoms with Crippen molar-refractivity contribution < 1.29 is 4.92 Å². The summed E-state index contributed by atoms with van der Waals surface area (Å²) in [5.41, 5.74) is 11.3. The lowest BCUT2D eigenvalue weighted by atomic mass is 10.1. The van der Waals surface area contributed by atoms with Crippen LogP contribution in [0.3, 0.4) is 0 Å². The Morgan fingerprint density at radius 3 is 2.79 bits per heavy atom. The molecule has 0 aromatic heterocycles. The number of hydrogen-bond acceptors (Lipinski definition) is 4. The lowest BCUT2D eigenvalue weighted by Gasteiger charge is -1.96. The summed E-state index contributed by atoms with van der Waals surface area (Å²) in [6.07, 6.45) is 0. The normalized spacial score (nSPS) is 8.93. The quantitative estimate of drug-likeness (QED) is 0.292. The number of nitrogens with two attached hydrogens (primary N) is 2. The van der Waals surface area contributed by atoms with Crippen LogP contribution >= 0.6 is 0 Å². The van der Waals surface area contributed by atoms with Gasteiger partial charge in [0.1, 0.15) is 5.56 Å². The molecule has 0 amide bonds. The van der Waals surface area contributed by atoms with E-state index in [1.807, 2.05) is 0 Å². The molecule has 0 atom stereocenters. The van der Waals surface area contributed by atoms with E-state index in [-0.39, 0.29) is 12.2 Å². The highest BCUT2D eigenvalue weighted by Gasteiger charge is 2.10. The molecule has 0 heterocycles. The molecule has 1 aromatic rings. The van der Waals surface area contributed by atoms with Crippen molar-refractivity contribution in [3.8, 4) is 11.8 Å². The first-order valence-corrected chi connectivity index (χ1v) is 3.88. The van der Waals surface area contributed by atoms with Crippen molar-refractivity contribution in [1.29, 1.82) is 0 Å². The van der Waals surface area contributed by atoms with E-state index in [4.69, 9.17) is 11.5 Å². The minimum Gasteiger partial charge on any atom is -0.399 e. The SMILES string of the molecule is NCC#Cc1cc(N)ccc1[N+](=O)[O-]. The second kappa shape index (κ2) is 4.25. The van der Waals surface area contributed by atoms with Crippen molar-refractivity contribution in [3.63, 3.8) is 0 Å². The Kier molecular flexibility index (Phi) is 3.05. The number of nitrogens with zero attached hydrogens (tertiary/aromatic N) is 1. The zero-order chi connectivity index (χ0) is 10.6. The van der Waals surface area contributed by atoms with E-state index in [1.165, 1.54) is 18.2 Å². The van der Waals surface area contributed by atoms with Crippen LogP contribution in [0.1, 0.15) is 5.56 Å². The van der Waals surface area contributed by atoms with E-state index in [0.717, 1.165) is 0 Å². The van der Waals surface area contributed by atoms with Gasteiger partial charge in [-0.2, -0.15) is 0 Å². The van der Waals surface area contributed by atoms with Gasteiger partial charge in [-0.15, -0.1) is 0 Å². The van der Waals surface area contributed by atoms with Gasteiger partial charge >= 0.3 is 0 Å². The van der Waals surface area contributed by atoms with Gasteiger partial charge in [0.15, 0.2) is 0 Å². The highest BCUT2D eigenvalue weighted by molar-refractivity contribution is 5.58. The van der Waals surface area contributed by atoms with Gasteiger partial charge in [0, 0.05) is 11.8 Å². The van der Waals surface area contributed by atoms with Crippen molar-refractivity contribution in [3.05, 3.63) is 33.9 Å². The third-order valence-corrected chi connectivity index (χ3v) is 1.54. The molecule has 72 valence electrons. The van der Waals surface area contributed by atoms with Crippen molar-refractivity contribution in [1.82, 2.24) is 0 Å². The summed E-state index contributed by atoms with van der Waals surface area (Å²) in [4.78, 5) is 10.1. The summed E-state index contributed by atoms with van der Waals surface area (Å²) in [6, 6.07) is 4.25. The topological polar surface area (TPSA) is 95.2 Å². The van der Waals surface area contributed by atoms with Gasteiger partial charge in [0.25, 0.3) is 5.69 Å². The van der Waals surface area contributed by atoms with E-state index < -0.39 is 4.92 Å². The lowest BCUT2D eigenvalue weighted by Crippen LogP contribution is -1.96. The first-order chi connectivity index (χ1) is 6.65. The van der Waals surface area contributed by atoms with E-state index in [0.29, 0.717) is 11.3 Å². The third-order valence-electron chi connectivity index (χ3n) is 1.54. The molecule has 0 bridgehead atoms. The fourth-order valence-corrected chi connectivity index (χ4v) is 0.959. The molecule has 1 rings (SSSR count). The van der Waals surface area contributed by atoms with Crippen LogP contribution < -0.4 is 11.5 Å². The molecule has 0 spiro atoms. The summed E-state index contributed by atoms with van der Waals surface area (Å²) in [5, 5.41) is 10.6. The highest BCUT2D eigenvalue weighted by atomic mass is 16.6. The first kappa shape index (κ1) is 10.0. The van der Waals surface area contributed by atoms with Crippen LogP contribution in [0.4, 0.5) is 11.4 Å². The zero-order valence-corrected chi connectivity index (χ0v) is 7.36. The van der Waals surface area contributed by atoms with Gasteiger partial charge in [-0.05, 0) is 12.1 Å². The molecule has 4 N–H and O–H groups in total. The minimum atomic E-state index is -0.500. The predicted octanol–water partition coefficient (Wildman–Crippen LogP) is 0.487. The first-order valence-electron chi connectivity index (χ1n) is 3.88. The smallest absolute Gasteiger partial charge is 0.285 e. The zero-order valence-electron chi connectivity index (χ0n) is 7.36. The van der Waals surface area contributed by atoms with E-state index in [9.17, 15) is 10.1 Å². The largest absolute Gasteiger partial charge is 0.399 e. The fourth-order valence-electron chi connectivity index (χ4n) is 0.959. The Balaban J connectivity index is 3.22. The number of rotatable bonds is 1. The standard InChI is InChI=1S/C9H9N3O2/c10-5-1-2-7-6-8(11)3-4-9(7)12(13)14/h3-4,6H,5,10-11H2. The monoisotopic (exact) mass is 191 g/mol. The Morgan fingerprint density at radius 2 is 2.21 bits per heavy atom. The van der Waals surface area contributed by atoms with Crippen molar-refractivity contribution in [2.75, 3.05) is 12.3 Å². The minimum absolute atomic E-state index is 0.0554. The number of nitrogen functional groups attached to an aromatic ring is 1. The Hall–Kier alpha value is -2.06. The van der Waals surface area contributed by atoms with Crippen LogP contribution in [0.25, 0.3) is 0 Å². The van der Waals surface area contributed by atoms with E-state index in [2.05, 4.69) is 11.8 Å². The molecule has 0 unspecified atom stereocenters.